The minimum absolute atomic E-state index is 0.139. The maximum Gasteiger partial charge on any atom is 0.140 e. The molecule has 0 aliphatic carbocycles. The van der Waals surface area contributed by atoms with Crippen molar-refractivity contribution < 1.29 is 9.47 Å². The predicted molar refractivity (Wildman–Crippen MR) is 157 cm³/mol. The molecule has 5 rings (SSSR count). The van der Waals surface area contributed by atoms with Gasteiger partial charge in [0.1, 0.15) is 11.7 Å². The summed E-state index contributed by atoms with van der Waals surface area (Å²) < 4.78 is 12.2. The largest absolute Gasteiger partial charge is 0.375 e. The molecule has 0 spiro atoms. The SMILES string of the molecule is N=C(Nc1cccc(COCC2C[C@@H](OCc3cccc(NC(=N)c4cccs4)c3)CN2)c1)c1cccs1. The van der Waals surface area contributed by atoms with Gasteiger partial charge in [0.25, 0.3) is 0 Å². The molecular weight excluding hydrogens is 514 g/mol. The molecule has 1 aliphatic heterocycles. The third-order valence-corrected chi connectivity index (χ3v) is 7.96. The predicted octanol–water partition coefficient (Wildman–Crippen LogP) is 6.15. The lowest BCUT2D eigenvalue weighted by molar-refractivity contribution is 0.0472. The lowest BCUT2D eigenvalue weighted by atomic mass is 10.2. The Morgan fingerprint density at radius 1 is 0.816 bits per heavy atom. The maximum absolute atomic E-state index is 8.23. The van der Waals surface area contributed by atoms with E-state index in [2.05, 4.69) is 16.0 Å². The third kappa shape index (κ3) is 7.37. The van der Waals surface area contributed by atoms with Crippen LogP contribution in [-0.4, -0.2) is 37.0 Å². The second-order valence-corrected chi connectivity index (χ2v) is 11.0. The van der Waals surface area contributed by atoms with Crippen LogP contribution in [0, 0.1) is 10.8 Å². The molecule has 196 valence electrons. The first kappa shape index (κ1) is 26.3. The quantitative estimate of drug-likeness (QED) is 0.115. The number of nitrogens with one attached hydrogen (secondary N) is 5. The van der Waals surface area contributed by atoms with Crippen LogP contribution < -0.4 is 16.0 Å². The highest BCUT2D eigenvalue weighted by Crippen LogP contribution is 2.19. The van der Waals surface area contributed by atoms with Gasteiger partial charge in [0.05, 0.1) is 35.7 Å². The molecule has 2 atom stereocenters. The van der Waals surface area contributed by atoms with Crippen molar-refractivity contribution in [1.82, 2.24) is 5.32 Å². The van der Waals surface area contributed by atoms with Crippen molar-refractivity contribution in [2.75, 3.05) is 23.8 Å². The average Bonchev–Trinajstić information content (AvgIpc) is 3.71. The monoisotopic (exact) mass is 545 g/mol. The van der Waals surface area contributed by atoms with E-state index in [1.807, 2.05) is 83.6 Å². The summed E-state index contributed by atoms with van der Waals surface area (Å²) in [5.41, 5.74) is 3.93. The van der Waals surface area contributed by atoms with E-state index in [9.17, 15) is 0 Å². The first-order valence-corrected chi connectivity index (χ1v) is 14.3. The number of benzene rings is 2. The Morgan fingerprint density at radius 3 is 2.00 bits per heavy atom. The van der Waals surface area contributed by atoms with Crippen LogP contribution in [0.2, 0.25) is 0 Å². The molecule has 2 aromatic carbocycles. The average molecular weight is 546 g/mol. The highest BCUT2D eigenvalue weighted by molar-refractivity contribution is 7.12. The molecule has 1 fully saturated rings. The van der Waals surface area contributed by atoms with Crippen LogP contribution in [0.3, 0.4) is 0 Å². The van der Waals surface area contributed by atoms with Gasteiger partial charge in [-0.25, -0.2) is 0 Å². The summed E-state index contributed by atoms with van der Waals surface area (Å²) in [4.78, 5) is 1.82. The van der Waals surface area contributed by atoms with Crippen molar-refractivity contribution in [3.63, 3.8) is 0 Å². The summed E-state index contributed by atoms with van der Waals surface area (Å²) >= 11 is 3.10. The lowest BCUT2D eigenvalue weighted by Gasteiger charge is -2.14. The Bertz CT molecular complexity index is 1340. The van der Waals surface area contributed by atoms with Crippen molar-refractivity contribution in [2.24, 2.45) is 0 Å². The topological polar surface area (TPSA) is 102 Å². The molecule has 0 saturated carbocycles. The van der Waals surface area contributed by atoms with Gasteiger partial charge in [-0.1, -0.05) is 36.4 Å². The van der Waals surface area contributed by atoms with Crippen LogP contribution in [0.5, 0.6) is 0 Å². The van der Waals surface area contributed by atoms with E-state index in [-0.39, 0.29) is 12.1 Å². The first-order chi connectivity index (χ1) is 18.6. The van der Waals surface area contributed by atoms with Gasteiger partial charge in [-0.3, -0.25) is 10.8 Å². The molecule has 5 N–H and O–H groups in total. The highest BCUT2D eigenvalue weighted by Gasteiger charge is 2.24. The summed E-state index contributed by atoms with van der Waals surface area (Å²) in [7, 11) is 0. The van der Waals surface area contributed by atoms with Crippen molar-refractivity contribution in [3.8, 4) is 0 Å². The van der Waals surface area contributed by atoms with E-state index in [1.54, 1.807) is 22.7 Å². The molecule has 0 bridgehead atoms. The fraction of sp³-hybridized carbons (Fsp3) is 0.241. The normalized spacial score (nSPS) is 16.8. The Morgan fingerprint density at radius 2 is 1.42 bits per heavy atom. The van der Waals surface area contributed by atoms with E-state index in [1.165, 1.54) is 0 Å². The summed E-state index contributed by atoms with van der Waals surface area (Å²) in [5.74, 6) is 0.807. The number of hydrogen-bond acceptors (Lipinski definition) is 7. The smallest absolute Gasteiger partial charge is 0.140 e. The van der Waals surface area contributed by atoms with Gasteiger partial charge in [-0.2, -0.15) is 0 Å². The van der Waals surface area contributed by atoms with E-state index < -0.39 is 0 Å². The van der Waals surface area contributed by atoms with Gasteiger partial charge in [0, 0.05) is 24.0 Å². The highest BCUT2D eigenvalue weighted by atomic mass is 32.1. The molecule has 1 aliphatic rings. The molecule has 0 amide bonds. The summed E-state index contributed by atoms with van der Waals surface area (Å²) in [6, 6.07) is 24.1. The van der Waals surface area contributed by atoms with E-state index in [0.29, 0.717) is 31.5 Å². The zero-order chi connectivity index (χ0) is 26.2. The second kappa shape index (κ2) is 12.9. The van der Waals surface area contributed by atoms with Crippen molar-refractivity contribution in [1.29, 1.82) is 10.8 Å². The third-order valence-electron chi connectivity index (χ3n) is 6.18. The van der Waals surface area contributed by atoms with Gasteiger partial charge in [0.15, 0.2) is 0 Å². The van der Waals surface area contributed by atoms with Crippen LogP contribution in [0.4, 0.5) is 11.4 Å². The Hall–Kier alpha value is -3.34. The Labute approximate surface area is 230 Å². The van der Waals surface area contributed by atoms with Crippen LogP contribution in [0.15, 0.2) is 83.6 Å². The van der Waals surface area contributed by atoms with E-state index in [4.69, 9.17) is 20.3 Å². The molecule has 0 radical (unpaired) electrons. The summed E-state index contributed by atoms with van der Waals surface area (Å²) in [6.45, 7) is 2.47. The van der Waals surface area contributed by atoms with Crippen LogP contribution >= 0.6 is 22.7 Å². The zero-order valence-electron chi connectivity index (χ0n) is 20.9. The number of ether oxygens (including phenoxy) is 2. The fourth-order valence-corrected chi connectivity index (χ4v) is 5.56. The van der Waals surface area contributed by atoms with E-state index in [0.717, 1.165) is 45.2 Å². The van der Waals surface area contributed by atoms with Crippen LogP contribution in [0.1, 0.15) is 27.3 Å². The number of hydrogen-bond donors (Lipinski definition) is 5. The molecule has 2 aromatic heterocycles. The minimum Gasteiger partial charge on any atom is -0.375 e. The number of thiophene rings is 2. The molecule has 3 heterocycles. The fourth-order valence-electron chi connectivity index (χ4n) is 4.30. The number of rotatable bonds is 11. The Kier molecular flexibility index (Phi) is 8.95. The van der Waals surface area contributed by atoms with Gasteiger partial charge in [-0.15, -0.1) is 22.7 Å². The standard InChI is InChI=1S/C29H31N5O2S2/c30-28(26-9-3-11-37-26)33-22-7-1-5-20(13-22)17-35-19-24-15-25(16-32-24)36-18-21-6-2-8-23(14-21)34-29(31)27-10-4-12-38-27/h1-14,24-25,32H,15-19H2,(H2,30,33)(H2,31,34)/t24?,25-/m1/s1. The van der Waals surface area contributed by atoms with Crippen LogP contribution in [-0.2, 0) is 22.7 Å². The number of anilines is 2. The van der Waals surface area contributed by atoms with Gasteiger partial charge in [0.2, 0.25) is 0 Å². The van der Waals surface area contributed by atoms with Crippen LogP contribution in [0.25, 0.3) is 0 Å². The molecule has 1 unspecified atom stereocenters. The van der Waals surface area contributed by atoms with Gasteiger partial charge < -0.3 is 25.4 Å². The summed E-state index contributed by atoms with van der Waals surface area (Å²) in [5, 5.41) is 30.2. The lowest BCUT2D eigenvalue weighted by Crippen LogP contribution is -2.26. The summed E-state index contributed by atoms with van der Waals surface area (Å²) in [6.07, 6.45) is 1.04. The molecule has 7 nitrogen and oxygen atoms in total. The zero-order valence-corrected chi connectivity index (χ0v) is 22.5. The van der Waals surface area contributed by atoms with Gasteiger partial charge in [-0.05, 0) is 64.7 Å². The van der Waals surface area contributed by atoms with E-state index >= 15 is 0 Å². The van der Waals surface area contributed by atoms with Gasteiger partial charge >= 0.3 is 0 Å². The minimum atomic E-state index is 0.139. The maximum atomic E-state index is 8.23. The molecule has 38 heavy (non-hydrogen) atoms. The molecule has 4 aromatic rings. The second-order valence-electron chi connectivity index (χ2n) is 9.14. The van der Waals surface area contributed by atoms with Crippen molar-refractivity contribution in [3.05, 3.63) is 104 Å². The van der Waals surface area contributed by atoms with Crippen molar-refractivity contribution in [2.45, 2.75) is 31.8 Å². The number of amidine groups is 2. The molecule has 1 saturated heterocycles. The first-order valence-electron chi connectivity index (χ1n) is 12.5. The molecular formula is C29H31N5O2S2. The Balaban J connectivity index is 1.02. The molecule has 9 heteroatoms. The van der Waals surface area contributed by atoms with Crippen molar-refractivity contribution >= 4 is 45.7 Å².